The molecule has 6 nitrogen and oxygen atoms in total. The van der Waals surface area contributed by atoms with Gasteiger partial charge in [-0.15, -0.1) is 0 Å². The minimum absolute atomic E-state index is 0.00166. The summed E-state index contributed by atoms with van der Waals surface area (Å²) < 4.78 is 5.76. The van der Waals surface area contributed by atoms with Gasteiger partial charge in [0.1, 0.15) is 0 Å². The van der Waals surface area contributed by atoms with E-state index in [9.17, 15) is 9.59 Å². The molecule has 2 amide bonds. The van der Waals surface area contributed by atoms with Crippen LogP contribution in [-0.4, -0.2) is 34.8 Å². The molecule has 1 saturated carbocycles. The van der Waals surface area contributed by atoms with Crippen LogP contribution in [0.2, 0.25) is 5.02 Å². The van der Waals surface area contributed by atoms with Crippen molar-refractivity contribution in [1.82, 2.24) is 15.2 Å². The zero-order valence-electron chi connectivity index (χ0n) is 17.3. The zero-order chi connectivity index (χ0) is 21.8. The molecule has 0 radical (unpaired) electrons. The predicted octanol–water partition coefficient (Wildman–Crippen LogP) is 4.48. The lowest BCUT2D eigenvalue weighted by Gasteiger charge is -2.17. The van der Waals surface area contributed by atoms with Gasteiger partial charge in [-0.25, -0.2) is 4.98 Å². The average molecular weight is 438 g/mol. The van der Waals surface area contributed by atoms with Gasteiger partial charge >= 0.3 is 0 Å². The van der Waals surface area contributed by atoms with Crippen molar-refractivity contribution in [3.8, 4) is 11.3 Å². The number of nitrogens with zero attached hydrogens (tertiary/aromatic N) is 2. The summed E-state index contributed by atoms with van der Waals surface area (Å²) in [5.41, 5.74) is 2.51. The van der Waals surface area contributed by atoms with E-state index >= 15 is 0 Å². The maximum absolute atomic E-state index is 12.5. The van der Waals surface area contributed by atoms with Crippen molar-refractivity contribution in [1.29, 1.82) is 0 Å². The Morgan fingerprint density at radius 2 is 1.84 bits per heavy atom. The third kappa shape index (κ3) is 5.73. The van der Waals surface area contributed by atoms with E-state index in [1.165, 1.54) is 0 Å². The number of oxazole rings is 1. The first-order valence-electron chi connectivity index (χ1n) is 10.3. The summed E-state index contributed by atoms with van der Waals surface area (Å²) in [6.07, 6.45) is 4.52. The van der Waals surface area contributed by atoms with Gasteiger partial charge in [0.15, 0.2) is 11.7 Å². The topological polar surface area (TPSA) is 75.4 Å². The number of carbonyl (C=O) groups excluding carboxylic acids is 2. The Bertz CT molecular complexity index is 1060. The molecule has 1 fully saturated rings. The SMILES string of the molecule is CN(Cc1ccc(C(=O)NC2CC2)cc1)C(=O)CCc1ncc(-c2ccc(Cl)cc2)o1. The second-order valence-electron chi connectivity index (χ2n) is 7.82. The first-order chi connectivity index (χ1) is 15.0. The average Bonchev–Trinajstić information content (AvgIpc) is 3.46. The van der Waals surface area contributed by atoms with Crippen molar-refractivity contribution in [3.05, 3.63) is 76.8 Å². The van der Waals surface area contributed by atoms with Gasteiger partial charge in [-0.2, -0.15) is 0 Å². The van der Waals surface area contributed by atoms with Crippen LogP contribution in [0.1, 0.15) is 41.1 Å². The van der Waals surface area contributed by atoms with Crippen LogP contribution in [0.5, 0.6) is 0 Å². The predicted molar refractivity (Wildman–Crippen MR) is 119 cm³/mol. The van der Waals surface area contributed by atoms with Crippen molar-refractivity contribution >= 4 is 23.4 Å². The van der Waals surface area contributed by atoms with E-state index in [0.29, 0.717) is 47.7 Å². The number of hydrogen-bond donors (Lipinski definition) is 1. The van der Waals surface area contributed by atoms with E-state index in [0.717, 1.165) is 24.0 Å². The first-order valence-corrected chi connectivity index (χ1v) is 10.7. The highest BCUT2D eigenvalue weighted by Gasteiger charge is 2.23. The van der Waals surface area contributed by atoms with Crippen LogP contribution in [-0.2, 0) is 17.8 Å². The van der Waals surface area contributed by atoms with Crippen LogP contribution in [0.15, 0.2) is 59.1 Å². The maximum Gasteiger partial charge on any atom is 0.251 e. The van der Waals surface area contributed by atoms with Crippen LogP contribution in [0.25, 0.3) is 11.3 Å². The molecular formula is C24H24ClN3O3. The molecule has 4 rings (SSSR count). The fourth-order valence-electron chi connectivity index (χ4n) is 3.20. The smallest absolute Gasteiger partial charge is 0.251 e. The van der Waals surface area contributed by atoms with E-state index < -0.39 is 0 Å². The molecule has 0 spiro atoms. The standard InChI is InChI=1S/C24H24ClN3O3/c1-28(15-16-2-4-18(5-3-16)24(30)27-20-10-11-20)23(29)13-12-22-26-14-21(31-22)17-6-8-19(25)9-7-17/h2-9,14,20H,10-13,15H2,1H3,(H,27,30). The molecule has 1 aromatic heterocycles. The summed E-state index contributed by atoms with van der Waals surface area (Å²) in [5, 5.41) is 3.63. The molecule has 0 atom stereocenters. The number of nitrogens with one attached hydrogen (secondary N) is 1. The molecule has 1 aliphatic rings. The number of benzene rings is 2. The minimum atomic E-state index is -0.0394. The van der Waals surface area contributed by atoms with E-state index in [-0.39, 0.29) is 11.8 Å². The van der Waals surface area contributed by atoms with Crippen molar-refractivity contribution < 1.29 is 14.0 Å². The minimum Gasteiger partial charge on any atom is -0.441 e. The van der Waals surface area contributed by atoms with Gasteiger partial charge in [0.2, 0.25) is 5.91 Å². The molecule has 0 aliphatic heterocycles. The third-order valence-corrected chi connectivity index (χ3v) is 5.46. The Labute approximate surface area is 186 Å². The molecule has 0 bridgehead atoms. The lowest BCUT2D eigenvalue weighted by Crippen LogP contribution is -2.27. The fourth-order valence-corrected chi connectivity index (χ4v) is 3.32. The normalized spacial score (nSPS) is 13.1. The molecule has 1 aliphatic carbocycles. The second-order valence-corrected chi connectivity index (χ2v) is 8.26. The number of carbonyl (C=O) groups is 2. The Morgan fingerprint density at radius 3 is 2.52 bits per heavy atom. The Hall–Kier alpha value is -3.12. The van der Waals surface area contributed by atoms with Gasteiger partial charge in [-0.3, -0.25) is 9.59 Å². The highest BCUT2D eigenvalue weighted by molar-refractivity contribution is 6.30. The van der Waals surface area contributed by atoms with Crippen LogP contribution in [0, 0.1) is 0 Å². The number of amides is 2. The molecule has 7 heteroatoms. The van der Waals surface area contributed by atoms with Crippen molar-refractivity contribution in [3.63, 3.8) is 0 Å². The summed E-state index contributed by atoms with van der Waals surface area (Å²) in [6, 6.07) is 15.0. The van der Waals surface area contributed by atoms with Gasteiger partial charge < -0.3 is 14.6 Å². The molecule has 1 N–H and O–H groups in total. The monoisotopic (exact) mass is 437 g/mol. The van der Waals surface area contributed by atoms with Gasteiger partial charge in [0.25, 0.3) is 5.91 Å². The molecule has 31 heavy (non-hydrogen) atoms. The summed E-state index contributed by atoms with van der Waals surface area (Å²) in [7, 11) is 1.77. The van der Waals surface area contributed by atoms with E-state index in [1.807, 2.05) is 24.3 Å². The van der Waals surface area contributed by atoms with Gasteiger partial charge in [-0.05, 0) is 54.8 Å². The third-order valence-electron chi connectivity index (χ3n) is 5.21. The van der Waals surface area contributed by atoms with E-state index in [4.69, 9.17) is 16.0 Å². The Kier molecular flexibility index (Phi) is 6.37. The summed E-state index contributed by atoms with van der Waals surface area (Å²) >= 11 is 5.91. The van der Waals surface area contributed by atoms with Crippen molar-refractivity contribution in [2.24, 2.45) is 0 Å². The fraction of sp³-hybridized carbons (Fsp3) is 0.292. The number of halogens is 1. The van der Waals surface area contributed by atoms with Crippen LogP contribution < -0.4 is 5.32 Å². The molecule has 0 unspecified atom stereocenters. The number of aryl methyl sites for hydroxylation is 1. The Balaban J connectivity index is 1.27. The summed E-state index contributed by atoms with van der Waals surface area (Å²) in [5.74, 6) is 1.14. The highest BCUT2D eigenvalue weighted by Crippen LogP contribution is 2.23. The zero-order valence-corrected chi connectivity index (χ0v) is 18.1. The summed E-state index contributed by atoms with van der Waals surface area (Å²) in [4.78, 5) is 30.5. The second kappa shape index (κ2) is 9.35. The number of aromatic nitrogens is 1. The summed E-state index contributed by atoms with van der Waals surface area (Å²) in [6.45, 7) is 0.477. The van der Waals surface area contributed by atoms with E-state index in [1.54, 1.807) is 42.4 Å². The van der Waals surface area contributed by atoms with Crippen LogP contribution in [0.3, 0.4) is 0 Å². The van der Waals surface area contributed by atoms with Gasteiger partial charge in [0.05, 0.1) is 6.20 Å². The van der Waals surface area contributed by atoms with Gasteiger partial charge in [-0.1, -0.05) is 23.7 Å². The highest BCUT2D eigenvalue weighted by atomic mass is 35.5. The Morgan fingerprint density at radius 1 is 1.13 bits per heavy atom. The quantitative estimate of drug-likeness (QED) is 0.563. The maximum atomic E-state index is 12.5. The molecule has 0 saturated heterocycles. The molecule has 160 valence electrons. The lowest BCUT2D eigenvalue weighted by molar-refractivity contribution is -0.130. The largest absolute Gasteiger partial charge is 0.441 e. The number of hydrogen-bond acceptors (Lipinski definition) is 4. The molecule has 3 aromatic rings. The van der Waals surface area contributed by atoms with Crippen LogP contribution >= 0.6 is 11.6 Å². The number of rotatable bonds is 8. The molecule has 1 heterocycles. The molecule has 2 aromatic carbocycles. The first kappa shape index (κ1) is 21.1. The molecular weight excluding hydrogens is 414 g/mol. The van der Waals surface area contributed by atoms with Crippen molar-refractivity contribution in [2.45, 2.75) is 38.3 Å². The van der Waals surface area contributed by atoms with Gasteiger partial charge in [0, 0.05) is 48.6 Å². The van der Waals surface area contributed by atoms with E-state index in [2.05, 4.69) is 10.3 Å². The lowest BCUT2D eigenvalue weighted by atomic mass is 10.1. The van der Waals surface area contributed by atoms with Crippen LogP contribution in [0.4, 0.5) is 0 Å². The van der Waals surface area contributed by atoms with Crippen molar-refractivity contribution in [2.75, 3.05) is 7.05 Å².